The van der Waals surface area contributed by atoms with Crippen molar-refractivity contribution in [3.8, 4) is 5.75 Å². The first kappa shape index (κ1) is 13.0. The molecule has 0 aliphatic rings. The maximum absolute atomic E-state index is 5.52. The van der Waals surface area contributed by atoms with E-state index >= 15 is 0 Å². The summed E-state index contributed by atoms with van der Waals surface area (Å²) in [5.41, 5.74) is 0.900. The minimum atomic E-state index is 0.540. The van der Waals surface area contributed by atoms with Crippen LogP contribution in [0.2, 0.25) is 0 Å². The molecule has 1 aromatic rings. The standard InChI is InChI=1S/C13H19O3/c1-3-14-8-9-15-10-11-16-13-7-5-4-6-12(13)2/h4-7H,2-3,8-11H2,1H3. The van der Waals surface area contributed by atoms with E-state index in [1.807, 2.05) is 31.2 Å². The quantitative estimate of drug-likeness (QED) is 0.633. The van der Waals surface area contributed by atoms with Crippen LogP contribution in [-0.4, -0.2) is 33.0 Å². The van der Waals surface area contributed by atoms with Gasteiger partial charge in [0.2, 0.25) is 0 Å². The van der Waals surface area contributed by atoms with Crippen molar-refractivity contribution in [3.05, 3.63) is 36.8 Å². The van der Waals surface area contributed by atoms with Gasteiger partial charge in [-0.05, 0) is 25.5 Å². The fraction of sp³-hybridized carbons (Fsp3) is 0.462. The molecule has 0 amide bonds. The zero-order valence-corrected chi connectivity index (χ0v) is 9.78. The van der Waals surface area contributed by atoms with Gasteiger partial charge in [-0.15, -0.1) is 0 Å². The predicted octanol–water partition coefficient (Wildman–Crippen LogP) is 2.30. The summed E-state index contributed by atoms with van der Waals surface area (Å²) in [7, 11) is 0. The maximum Gasteiger partial charge on any atom is 0.122 e. The molecule has 1 rings (SSSR count). The highest BCUT2D eigenvalue weighted by Crippen LogP contribution is 2.15. The normalized spacial score (nSPS) is 10.4. The van der Waals surface area contributed by atoms with Crippen LogP contribution in [0.1, 0.15) is 12.5 Å². The average Bonchev–Trinajstić information content (AvgIpc) is 2.30. The van der Waals surface area contributed by atoms with E-state index in [0.29, 0.717) is 26.4 Å². The zero-order chi connectivity index (χ0) is 11.6. The number of ether oxygens (including phenoxy) is 3. The third kappa shape index (κ3) is 5.14. The largest absolute Gasteiger partial charge is 0.491 e. The van der Waals surface area contributed by atoms with Crippen LogP contribution in [0, 0.1) is 6.92 Å². The SMILES string of the molecule is [CH2]c1ccccc1OCCOCCOCC. The predicted molar refractivity (Wildman–Crippen MR) is 63.7 cm³/mol. The Bertz CT molecular complexity index is 286. The van der Waals surface area contributed by atoms with Crippen molar-refractivity contribution in [2.24, 2.45) is 0 Å². The highest BCUT2D eigenvalue weighted by molar-refractivity contribution is 5.35. The van der Waals surface area contributed by atoms with Gasteiger partial charge in [0, 0.05) is 6.61 Å². The Labute approximate surface area is 97.3 Å². The van der Waals surface area contributed by atoms with Crippen LogP contribution in [0.5, 0.6) is 5.75 Å². The summed E-state index contributed by atoms with van der Waals surface area (Å²) in [6.45, 7) is 8.94. The Hall–Kier alpha value is -1.06. The van der Waals surface area contributed by atoms with E-state index in [0.717, 1.165) is 17.9 Å². The lowest BCUT2D eigenvalue weighted by molar-refractivity contribution is 0.0404. The van der Waals surface area contributed by atoms with Crippen molar-refractivity contribution >= 4 is 0 Å². The Morgan fingerprint density at radius 2 is 1.69 bits per heavy atom. The van der Waals surface area contributed by atoms with Gasteiger partial charge in [0.15, 0.2) is 0 Å². The second-order valence-electron chi connectivity index (χ2n) is 3.27. The molecular weight excluding hydrogens is 204 g/mol. The third-order valence-electron chi connectivity index (χ3n) is 2.03. The molecule has 0 atom stereocenters. The van der Waals surface area contributed by atoms with Crippen molar-refractivity contribution in [2.45, 2.75) is 6.92 Å². The smallest absolute Gasteiger partial charge is 0.122 e. The number of benzene rings is 1. The molecule has 3 nitrogen and oxygen atoms in total. The molecule has 1 aromatic carbocycles. The van der Waals surface area contributed by atoms with Crippen molar-refractivity contribution in [3.63, 3.8) is 0 Å². The summed E-state index contributed by atoms with van der Waals surface area (Å²) in [5.74, 6) is 0.816. The van der Waals surface area contributed by atoms with Gasteiger partial charge < -0.3 is 14.2 Å². The van der Waals surface area contributed by atoms with E-state index in [2.05, 4.69) is 6.92 Å². The number of para-hydroxylation sites is 1. The van der Waals surface area contributed by atoms with Crippen molar-refractivity contribution in [2.75, 3.05) is 33.0 Å². The van der Waals surface area contributed by atoms with Crippen LogP contribution in [-0.2, 0) is 9.47 Å². The molecule has 0 aromatic heterocycles. The molecule has 16 heavy (non-hydrogen) atoms. The van der Waals surface area contributed by atoms with Crippen LogP contribution in [0.3, 0.4) is 0 Å². The fourth-order valence-electron chi connectivity index (χ4n) is 1.22. The molecule has 0 bridgehead atoms. The molecule has 0 saturated heterocycles. The van der Waals surface area contributed by atoms with Crippen LogP contribution < -0.4 is 4.74 Å². The minimum Gasteiger partial charge on any atom is -0.491 e. The number of hydrogen-bond donors (Lipinski definition) is 0. The highest BCUT2D eigenvalue weighted by Gasteiger charge is 1.97. The molecule has 3 heteroatoms. The Morgan fingerprint density at radius 1 is 1.00 bits per heavy atom. The van der Waals surface area contributed by atoms with Gasteiger partial charge in [0.25, 0.3) is 0 Å². The summed E-state index contributed by atoms with van der Waals surface area (Å²) in [6.07, 6.45) is 0. The van der Waals surface area contributed by atoms with E-state index < -0.39 is 0 Å². The average molecular weight is 223 g/mol. The maximum atomic E-state index is 5.52. The van der Waals surface area contributed by atoms with Crippen LogP contribution in [0.25, 0.3) is 0 Å². The lowest BCUT2D eigenvalue weighted by Gasteiger charge is -2.09. The molecule has 0 unspecified atom stereocenters. The number of rotatable bonds is 8. The number of hydrogen-bond acceptors (Lipinski definition) is 3. The molecular formula is C13H19O3. The van der Waals surface area contributed by atoms with Crippen molar-refractivity contribution in [1.29, 1.82) is 0 Å². The second kappa shape index (κ2) is 8.13. The second-order valence-corrected chi connectivity index (χ2v) is 3.27. The first-order valence-electron chi connectivity index (χ1n) is 5.54. The van der Waals surface area contributed by atoms with E-state index in [1.54, 1.807) is 0 Å². The summed E-state index contributed by atoms with van der Waals surface area (Å²) in [4.78, 5) is 0. The molecule has 89 valence electrons. The summed E-state index contributed by atoms with van der Waals surface area (Å²) < 4.78 is 16.0. The Morgan fingerprint density at radius 3 is 2.44 bits per heavy atom. The van der Waals surface area contributed by atoms with Gasteiger partial charge in [0.1, 0.15) is 12.4 Å². The molecule has 0 heterocycles. The molecule has 0 fully saturated rings. The highest BCUT2D eigenvalue weighted by atomic mass is 16.5. The fourth-order valence-corrected chi connectivity index (χ4v) is 1.22. The van der Waals surface area contributed by atoms with E-state index in [-0.39, 0.29) is 0 Å². The lowest BCUT2D eigenvalue weighted by atomic mass is 10.2. The molecule has 0 aliphatic heterocycles. The van der Waals surface area contributed by atoms with Gasteiger partial charge in [-0.3, -0.25) is 0 Å². The van der Waals surface area contributed by atoms with Crippen LogP contribution in [0.15, 0.2) is 24.3 Å². The Kier molecular flexibility index (Phi) is 6.61. The van der Waals surface area contributed by atoms with Crippen LogP contribution in [0.4, 0.5) is 0 Å². The lowest BCUT2D eigenvalue weighted by Crippen LogP contribution is -2.11. The van der Waals surface area contributed by atoms with E-state index in [1.165, 1.54) is 0 Å². The molecule has 1 radical (unpaired) electrons. The van der Waals surface area contributed by atoms with Gasteiger partial charge in [-0.25, -0.2) is 0 Å². The van der Waals surface area contributed by atoms with E-state index in [4.69, 9.17) is 14.2 Å². The van der Waals surface area contributed by atoms with Crippen molar-refractivity contribution in [1.82, 2.24) is 0 Å². The zero-order valence-electron chi connectivity index (χ0n) is 9.78. The summed E-state index contributed by atoms with van der Waals surface area (Å²) in [6, 6.07) is 7.70. The third-order valence-corrected chi connectivity index (χ3v) is 2.03. The monoisotopic (exact) mass is 223 g/mol. The van der Waals surface area contributed by atoms with Gasteiger partial charge in [0.05, 0.1) is 19.8 Å². The van der Waals surface area contributed by atoms with Gasteiger partial charge in [-0.2, -0.15) is 0 Å². The molecule has 0 N–H and O–H groups in total. The van der Waals surface area contributed by atoms with Crippen LogP contribution >= 0.6 is 0 Å². The van der Waals surface area contributed by atoms with Gasteiger partial charge >= 0.3 is 0 Å². The topological polar surface area (TPSA) is 27.7 Å². The van der Waals surface area contributed by atoms with E-state index in [9.17, 15) is 0 Å². The molecule has 0 spiro atoms. The summed E-state index contributed by atoms with van der Waals surface area (Å²) in [5, 5.41) is 0. The molecule has 0 saturated carbocycles. The minimum absolute atomic E-state index is 0.540. The molecule has 0 aliphatic carbocycles. The first-order valence-corrected chi connectivity index (χ1v) is 5.54. The summed E-state index contributed by atoms with van der Waals surface area (Å²) >= 11 is 0. The Balaban J connectivity index is 2.05. The van der Waals surface area contributed by atoms with Gasteiger partial charge in [-0.1, -0.05) is 18.2 Å². The first-order chi connectivity index (χ1) is 7.84. The van der Waals surface area contributed by atoms with Crippen molar-refractivity contribution < 1.29 is 14.2 Å².